The van der Waals surface area contributed by atoms with Crippen molar-refractivity contribution in [3.63, 3.8) is 0 Å². The molecule has 102 valence electrons. The maximum Gasteiger partial charge on any atom is 0.245 e. The van der Waals surface area contributed by atoms with Gasteiger partial charge in [0.2, 0.25) is 11.8 Å². The fourth-order valence-electron chi connectivity index (χ4n) is 1.92. The topological polar surface area (TPSA) is 78.8 Å². The van der Waals surface area contributed by atoms with Crippen molar-refractivity contribution in [2.75, 3.05) is 12.8 Å². The van der Waals surface area contributed by atoms with E-state index < -0.39 is 5.82 Å². The summed E-state index contributed by atoms with van der Waals surface area (Å²) in [5.74, 6) is -0.0132. The lowest BCUT2D eigenvalue weighted by molar-refractivity contribution is 0.401. The molecule has 0 aliphatic carbocycles. The summed E-state index contributed by atoms with van der Waals surface area (Å²) in [6, 6.07) is 4.23. The van der Waals surface area contributed by atoms with Crippen molar-refractivity contribution in [2.45, 2.75) is 0 Å². The summed E-state index contributed by atoms with van der Waals surface area (Å²) >= 11 is 5.79. The molecule has 0 radical (unpaired) electrons. The summed E-state index contributed by atoms with van der Waals surface area (Å²) in [7, 11) is 1.48. The normalized spacial score (nSPS) is 10.9. The lowest BCUT2D eigenvalue weighted by Crippen LogP contribution is -2.02. The highest BCUT2D eigenvalue weighted by Gasteiger charge is 2.16. The summed E-state index contributed by atoms with van der Waals surface area (Å²) in [5, 5.41) is -0.00947. The van der Waals surface area contributed by atoms with E-state index in [0.717, 1.165) is 0 Å². The molecule has 0 spiro atoms. The molecule has 3 aromatic rings. The Morgan fingerprint density at radius 2 is 2.15 bits per heavy atom. The molecule has 2 aromatic heterocycles. The third kappa shape index (κ3) is 1.83. The number of benzene rings is 1. The first-order chi connectivity index (χ1) is 9.61. The standard InChI is InChI=1S/C12H9ClFN5O/c1-20-11-9-10(16-5-17-11)19(12(15)18-9)6-2-3-8(14)7(13)4-6/h2-5H,1H3,(H2,15,18). The predicted molar refractivity (Wildman–Crippen MR) is 72.6 cm³/mol. The Hall–Kier alpha value is -2.41. The van der Waals surface area contributed by atoms with Crippen LogP contribution in [0.3, 0.4) is 0 Å². The fourth-order valence-corrected chi connectivity index (χ4v) is 2.09. The first-order valence-corrected chi connectivity index (χ1v) is 5.98. The van der Waals surface area contributed by atoms with Gasteiger partial charge in [0.15, 0.2) is 11.2 Å². The van der Waals surface area contributed by atoms with Gasteiger partial charge in [-0.3, -0.25) is 4.57 Å². The molecular weight excluding hydrogens is 285 g/mol. The van der Waals surface area contributed by atoms with Crippen molar-refractivity contribution < 1.29 is 9.13 Å². The van der Waals surface area contributed by atoms with Crippen LogP contribution in [0.2, 0.25) is 5.02 Å². The van der Waals surface area contributed by atoms with Gasteiger partial charge in [-0.25, -0.2) is 14.4 Å². The molecule has 0 saturated heterocycles. The van der Waals surface area contributed by atoms with E-state index in [1.165, 1.54) is 31.6 Å². The number of methoxy groups -OCH3 is 1. The van der Waals surface area contributed by atoms with Gasteiger partial charge in [-0.2, -0.15) is 4.98 Å². The molecule has 2 heterocycles. The SMILES string of the molecule is COc1ncnc2c1nc(N)n2-c1ccc(F)c(Cl)c1. The maximum atomic E-state index is 13.2. The minimum atomic E-state index is -0.509. The number of nitrogens with zero attached hydrogens (tertiary/aromatic N) is 4. The molecule has 8 heteroatoms. The number of nitrogen functional groups attached to an aromatic ring is 1. The smallest absolute Gasteiger partial charge is 0.245 e. The van der Waals surface area contributed by atoms with Gasteiger partial charge in [0, 0.05) is 0 Å². The molecule has 0 fully saturated rings. The molecular formula is C12H9ClFN5O. The van der Waals surface area contributed by atoms with E-state index in [0.29, 0.717) is 22.7 Å². The summed E-state index contributed by atoms with van der Waals surface area (Å²) in [5.41, 5.74) is 7.32. The van der Waals surface area contributed by atoms with Crippen LogP contribution >= 0.6 is 11.6 Å². The van der Waals surface area contributed by atoms with Gasteiger partial charge < -0.3 is 10.5 Å². The number of halogens is 2. The summed E-state index contributed by atoms with van der Waals surface area (Å²) in [6.45, 7) is 0. The quantitative estimate of drug-likeness (QED) is 0.783. The first kappa shape index (κ1) is 12.6. The van der Waals surface area contributed by atoms with Gasteiger partial charge in [-0.05, 0) is 18.2 Å². The van der Waals surface area contributed by atoms with Gasteiger partial charge in [-0.1, -0.05) is 11.6 Å². The fraction of sp³-hybridized carbons (Fsp3) is 0.0833. The molecule has 0 amide bonds. The van der Waals surface area contributed by atoms with Crippen molar-refractivity contribution in [1.82, 2.24) is 19.5 Å². The number of anilines is 1. The van der Waals surface area contributed by atoms with Gasteiger partial charge in [-0.15, -0.1) is 0 Å². The molecule has 0 aliphatic heterocycles. The second-order valence-corrected chi connectivity index (χ2v) is 4.37. The average molecular weight is 294 g/mol. The summed E-state index contributed by atoms with van der Waals surface area (Å²) in [6.07, 6.45) is 1.34. The molecule has 0 unspecified atom stereocenters. The van der Waals surface area contributed by atoms with Gasteiger partial charge in [0.05, 0.1) is 17.8 Å². The summed E-state index contributed by atoms with van der Waals surface area (Å²) < 4.78 is 19.9. The number of ether oxygens (including phenoxy) is 1. The number of aromatic nitrogens is 4. The van der Waals surface area contributed by atoms with E-state index in [9.17, 15) is 4.39 Å². The van der Waals surface area contributed by atoms with Gasteiger partial charge in [0.1, 0.15) is 12.1 Å². The van der Waals surface area contributed by atoms with Crippen molar-refractivity contribution >= 4 is 28.7 Å². The van der Waals surface area contributed by atoms with Crippen LogP contribution in [0.25, 0.3) is 16.9 Å². The zero-order valence-corrected chi connectivity index (χ0v) is 11.1. The van der Waals surface area contributed by atoms with Crippen LogP contribution in [0.15, 0.2) is 24.5 Å². The van der Waals surface area contributed by atoms with E-state index in [2.05, 4.69) is 15.0 Å². The number of imidazole rings is 1. The number of hydrogen-bond donors (Lipinski definition) is 1. The molecule has 6 nitrogen and oxygen atoms in total. The van der Waals surface area contributed by atoms with E-state index >= 15 is 0 Å². The Kier molecular flexibility index (Phi) is 2.90. The Balaban J connectivity index is 2.30. The lowest BCUT2D eigenvalue weighted by atomic mass is 10.3. The molecule has 0 aliphatic rings. The molecule has 3 rings (SSSR count). The predicted octanol–water partition coefficient (Wildman–Crippen LogP) is 2.20. The second kappa shape index (κ2) is 4.61. The highest BCUT2D eigenvalue weighted by atomic mass is 35.5. The van der Waals surface area contributed by atoms with E-state index in [1.54, 1.807) is 4.57 Å². The third-order valence-corrected chi connectivity index (χ3v) is 3.08. The zero-order valence-electron chi connectivity index (χ0n) is 10.3. The Labute approximate surface area is 118 Å². The highest BCUT2D eigenvalue weighted by molar-refractivity contribution is 6.30. The number of rotatable bonds is 2. The lowest BCUT2D eigenvalue weighted by Gasteiger charge is -2.06. The van der Waals surface area contributed by atoms with Crippen LogP contribution in [-0.4, -0.2) is 26.6 Å². The summed E-state index contributed by atoms with van der Waals surface area (Å²) in [4.78, 5) is 12.3. The minimum Gasteiger partial charge on any atom is -0.479 e. The van der Waals surface area contributed by atoms with Crippen LogP contribution in [-0.2, 0) is 0 Å². The molecule has 20 heavy (non-hydrogen) atoms. The van der Waals surface area contributed by atoms with Crippen molar-refractivity contribution in [3.05, 3.63) is 35.4 Å². The number of fused-ring (bicyclic) bond motifs is 1. The van der Waals surface area contributed by atoms with E-state index in [-0.39, 0.29) is 11.0 Å². The molecule has 0 bridgehead atoms. The van der Waals surface area contributed by atoms with Crippen LogP contribution in [0.4, 0.5) is 10.3 Å². The van der Waals surface area contributed by atoms with Crippen molar-refractivity contribution in [3.8, 4) is 11.6 Å². The van der Waals surface area contributed by atoms with E-state index in [1.807, 2.05) is 0 Å². The Morgan fingerprint density at radius 3 is 2.85 bits per heavy atom. The average Bonchev–Trinajstić information content (AvgIpc) is 2.78. The highest BCUT2D eigenvalue weighted by Crippen LogP contribution is 2.27. The largest absolute Gasteiger partial charge is 0.479 e. The minimum absolute atomic E-state index is 0.00947. The van der Waals surface area contributed by atoms with E-state index in [4.69, 9.17) is 22.1 Å². The molecule has 0 atom stereocenters. The Bertz CT molecular complexity index is 804. The van der Waals surface area contributed by atoms with Crippen LogP contribution in [0, 0.1) is 5.82 Å². The van der Waals surface area contributed by atoms with Gasteiger partial charge in [0.25, 0.3) is 0 Å². The monoisotopic (exact) mass is 293 g/mol. The van der Waals surface area contributed by atoms with Crippen molar-refractivity contribution in [2.24, 2.45) is 0 Å². The van der Waals surface area contributed by atoms with Crippen LogP contribution in [0.5, 0.6) is 5.88 Å². The molecule has 2 N–H and O–H groups in total. The Morgan fingerprint density at radius 1 is 1.35 bits per heavy atom. The van der Waals surface area contributed by atoms with Crippen molar-refractivity contribution in [1.29, 1.82) is 0 Å². The van der Waals surface area contributed by atoms with Crippen LogP contribution in [0.1, 0.15) is 0 Å². The van der Waals surface area contributed by atoms with Crippen LogP contribution < -0.4 is 10.5 Å². The number of hydrogen-bond acceptors (Lipinski definition) is 5. The first-order valence-electron chi connectivity index (χ1n) is 5.60. The molecule has 1 aromatic carbocycles. The number of nitrogens with two attached hydrogens (primary N) is 1. The second-order valence-electron chi connectivity index (χ2n) is 3.96. The van der Waals surface area contributed by atoms with Gasteiger partial charge >= 0.3 is 0 Å². The zero-order chi connectivity index (χ0) is 14.3. The maximum absolute atomic E-state index is 13.2. The molecule has 0 saturated carbocycles. The third-order valence-electron chi connectivity index (χ3n) is 2.79.